The average Bonchev–Trinajstić information content (AvgIpc) is 2.71. The zero-order valence-corrected chi connectivity index (χ0v) is 18.9. The number of benzene rings is 2. The van der Waals surface area contributed by atoms with Crippen molar-refractivity contribution in [2.45, 2.75) is 39.7 Å². The van der Waals surface area contributed by atoms with Crippen LogP contribution in [0.25, 0.3) is 0 Å². The van der Waals surface area contributed by atoms with Gasteiger partial charge in [-0.1, -0.05) is 12.1 Å². The van der Waals surface area contributed by atoms with E-state index >= 15 is 0 Å². The topological polar surface area (TPSA) is 151 Å². The minimum Gasteiger partial charge on any atom is -0.508 e. The third-order valence-electron chi connectivity index (χ3n) is 4.63. The molecule has 2 aromatic carbocycles. The maximum Gasteiger partial charge on any atom is 0.361 e. The fourth-order valence-electron chi connectivity index (χ4n) is 2.70. The summed E-state index contributed by atoms with van der Waals surface area (Å²) in [6.07, 6.45) is -0.614. The molecule has 2 unspecified atom stereocenters. The highest BCUT2D eigenvalue weighted by molar-refractivity contribution is 7.61. The van der Waals surface area contributed by atoms with Crippen LogP contribution in [0.15, 0.2) is 42.5 Å². The highest BCUT2D eigenvalue weighted by Crippen LogP contribution is 2.42. The molecule has 0 aromatic heterocycles. The lowest BCUT2D eigenvalue weighted by Gasteiger charge is -2.19. The van der Waals surface area contributed by atoms with Crippen LogP contribution in [0.1, 0.15) is 54.8 Å². The van der Waals surface area contributed by atoms with Gasteiger partial charge in [0.15, 0.2) is 0 Å². The minimum absolute atomic E-state index is 0.0363. The maximum absolute atomic E-state index is 12.5. The number of phenols is 1. The molecule has 32 heavy (non-hydrogen) atoms. The number of aromatic hydroxyl groups is 1. The third kappa shape index (κ3) is 6.90. The molecule has 2 atom stereocenters. The lowest BCUT2D eigenvalue weighted by atomic mass is 9.98. The van der Waals surface area contributed by atoms with E-state index in [2.05, 4.69) is 0 Å². The van der Waals surface area contributed by atoms with E-state index in [1.807, 2.05) is 0 Å². The Labute approximate surface area is 185 Å². The van der Waals surface area contributed by atoms with E-state index in [-0.39, 0.29) is 28.6 Å². The van der Waals surface area contributed by atoms with Gasteiger partial charge >= 0.3 is 19.5 Å². The van der Waals surface area contributed by atoms with Crippen molar-refractivity contribution in [1.29, 1.82) is 0 Å². The maximum atomic E-state index is 12.5. The molecule has 0 aliphatic rings. The summed E-state index contributed by atoms with van der Waals surface area (Å²) in [7, 11) is -4.39. The Hall–Kier alpha value is -2.71. The molecule has 0 saturated heterocycles. The zero-order valence-electron chi connectivity index (χ0n) is 18.0. The van der Waals surface area contributed by atoms with Gasteiger partial charge in [-0.05, 0) is 69.5 Å². The van der Waals surface area contributed by atoms with Crippen molar-refractivity contribution < 1.29 is 43.6 Å². The van der Waals surface area contributed by atoms with Gasteiger partial charge < -0.3 is 24.9 Å². The van der Waals surface area contributed by atoms with Gasteiger partial charge in [0.1, 0.15) is 5.75 Å². The van der Waals surface area contributed by atoms with Crippen molar-refractivity contribution in [2.75, 3.05) is 6.79 Å². The van der Waals surface area contributed by atoms with Crippen molar-refractivity contribution in [3.05, 3.63) is 59.2 Å². The highest BCUT2D eigenvalue weighted by Gasteiger charge is 2.28. The number of phenolic OH excluding ortho intramolecular Hbond substituents is 1. The molecule has 2 aromatic rings. The molecule has 0 fully saturated rings. The molecule has 0 aliphatic heterocycles. The first-order chi connectivity index (χ1) is 14.8. The van der Waals surface area contributed by atoms with Crippen LogP contribution in [0.5, 0.6) is 5.75 Å². The molecule has 0 aliphatic carbocycles. The molecule has 4 N–H and O–H groups in total. The minimum atomic E-state index is -4.39. The van der Waals surface area contributed by atoms with E-state index in [1.54, 1.807) is 32.9 Å². The second-order valence-electron chi connectivity index (χ2n) is 8.25. The largest absolute Gasteiger partial charge is 0.508 e. The summed E-state index contributed by atoms with van der Waals surface area (Å²) in [5.41, 5.74) is 0.161. The molecule has 0 bridgehead atoms. The molecule has 10 heteroatoms. The van der Waals surface area contributed by atoms with Crippen molar-refractivity contribution in [1.82, 2.24) is 0 Å². The van der Waals surface area contributed by atoms with Crippen molar-refractivity contribution in [2.24, 2.45) is 5.41 Å². The number of hydrogen-bond acceptors (Lipinski definition) is 7. The summed E-state index contributed by atoms with van der Waals surface area (Å²) in [5, 5.41) is 29.4. The molecular weight excluding hydrogens is 439 g/mol. The van der Waals surface area contributed by atoms with Crippen molar-refractivity contribution in [3.63, 3.8) is 0 Å². The van der Waals surface area contributed by atoms with Crippen LogP contribution in [0.2, 0.25) is 0 Å². The van der Waals surface area contributed by atoms with E-state index in [1.165, 1.54) is 30.3 Å². The van der Waals surface area contributed by atoms with Crippen molar-refractivity contribution >= 4 is 24.8 Å². The fraction of sp³-hybridized carbons (Fsp3) is 0.364. The van der Waals surface area contributed by atoms with Gasteiger partial charge in [0.2, 0.25) is 6.79 Å². The molecule has 174 valence electrons. The summed E-state index contributed by atoms with van der Waals surface area (Å²) >= 11 is 0. The summed E-state index contributed by atoms with van der Waals surface area (Å²) in [6, 6.07) is 9.68. The van der Waals surface area contributed by atoms with Crippen molar-refractivity contribution in [3.8, 4) is 5.75 Å². The van der Waals surface area contributed by atoms with Crippen LogP contribution >= 0.6 is 7.60 Å². The molecule has 9 nitrogen and oxygen atoms in total. The van der Waals surface area contributed by atoms with Gasteiger partial charge in [0, 0.05) is 5.56 Å². The Morgan fingerprint density at radius 2 is 1.72 bits per heavy atom. The first-order valence-electron chi connectivity index (χ1n) is 9.79. The number of carboxylic acid groups (broad SMARTS) is 1. The van der Waals surface area contributed by atoms with Gasteiger partial charge in [0.25, 0.3) is 0 Å². The van der Waals surface area contributed by atoms with Crippen LogP contribution in [-0.4, -0.2) is 38.9 Å². The number of carboxylic acids is 1. The second kappa shape index (κ2) is 10.3. The Balaban J connectivity index is 2.05. The zero-order chi connectivity index (χ0) is 24.1. The number of carbonyl (C=O) groups is 2. The highest BCUT2D eigenvalue weighted by atomic mass is 31.2. The summed E-state index contributed by atoms with van der Waals surface area (Å²) in [4.78, 5) is 32.9. The normalized spacial score (nSPS) is 14.4. The number of ether oxygens (including phenoxy) is 1. The quantitative estimate of drug-likeness (QED) is 0.248. The predicted octanol–water partition coefficient (Wildman–Crippen LogP) is 3.13. The summed E-state index contributed by atoms with van der Waals surface area (Å²) in [6.45, 7) is 4.15. The Morgan fingerprint density at radius 3 is 2.28 bits per heavy atom. The SMILES string of the molecule is CC(C)(C)C(=O)OCOP(=O)(O)c1ccc(O)c(C(O)CCc2ccc(C(=O)O)cc2)c1. The molecular formula is C22H27O9P. The van der Waals surface area contributed by atoms with Gasteiger partial charge in [-0.25, -0.2) is 4.79 Å². The number of carbonyl (C=O) groups excluding carboxylic acids is 1. The number of aryl methyl sites for hydroxylation is 1. The molecule has 0 heterocycles. The predicted molar refractivity (Wildman–Crippen MR) is 116 cm³/mol. The number of esters is 1. The monoisotopic (exact) mass is 466 g/mol. The van der Waals surface area contributed by atoms with Crippen LogP contribution in [0, 0.1) is 5.41 Å². The van der Waals surface area contributed by atoms with E-state index in [0.29, 0.717) is 6.42 Å². The average molecular weight is 466 g/mol. The first kappa shape index (κ1) is 25.5. The molecule has 0 saturated carbocycles. The third-order valence-corrected chi connectivity index (χ3v) is 6.02. The lowest BCUT2D eigenvalue weighted by Crippen LogP contribution is -2.24. The van der Waals surface area contributed by atoms with Crippen LogP contribution < -0.4 is 5.30 Å². The molecule has 0 amide bonds. The van der Waals surface area contributed by atoms with Crippen LogP contribution in [0.3, 0.4) is 0 Å². The number of hydrogen-bond donors (Lipinski definition) is 4. The van der Waals surface area contributed by atoms with Gasteiger partial charge in [-0.2, -0.15) is 0 Å². The van der Waals surface area contributed by atoms with Gasteiger partial charge in [-0.3, -0.25) is 13.9 Å². The number of aliphatic hydroxyl groups excluding tert-OH is 1. The summed E-state index contributed by atoms with van der Waals surface area (Å²) < 4.78 is 22.2. The standard InChI is InChI=1S/C22H27O9P/c1-22(2,3)21(27)30-13-31-32(28,29)16-9-11-19(24)17(12-16)18(23)10-6-14-4-7-15(8-5-14)20(25)26/h4-5,7-9,11-12,18,23-24H,6,10,13H2,1-3H3,(H,25,26)(H,28,29). The molecule has 0 radical (unpaired) electrons. The smallest absolute Gasteiger partial charge is 0.361 e. The lowest BCUT2D eigenvalue weighted by molar-refractivity contribution is -0.159. The molecule has 2 rings (SSSR count). The Morgan fingerprint density at radius 1 is 1.09 bits per heavy atom. The van der Waals surface area contributed by atoms with Crippen LogP contribution in [-0.2, 0) is 25.0 Å². The van der Waals surface area contributed by atoms with Gasteiger partial charge in [0.05, 0.1) is 22.4 Å². The number of aliphatic hydroxyl groups is 1. The first-order valence-corrected chi connectivity index (χ1v) is 11.4. The van der Waals surface area contributed by atoms with E-state index in [4.69, 9.17) is 14.4 Å². The fourth-order valence-corrected chi connectivity index (χ4v) is 3.61. The van der Waals surface area contributed by atoms with E-state index < -0.39 is 37.8 Å². The molecule has 0 spiro atoms. The van der Waals surface area contributed by atoms with Gasteiger partial charge in [-0.15, -0.1) is 0 Å². The number of aromatic carboxylic acids is 1. The van der Waals surface area contributed by atoms with E-state index in [0.717, 1.165) is 5.56 Å². The second-order valence-corrected chi connectivity index (χ2v) is 10.1. The summed E-state index contributed by atoms with van der Waals surface area (Å²) in [5.74, 6) is -1.90. The van der Waals surface area contributed by atoms with E-state index in [9.17, 15) is 29.3 Å². The Kier molecular flexibility index (Phi) is 8.20. The number of rotatable bonds is 9. The Bertz CT molecular complexity index is 1010. The van der Waals surface area contributed by atoms with Crippen LogP contribution in [0.4, 0.5) is 0 Å².